The molecule has 0 bridgehead atoms. The number of aliphatic hydroxyl groups is 2. The number of hydrogen-bond donors (Lipinski definition) is 5. The van der Waals surface area contributed by atoms with E-state index in [-0.39, 0.29) is 28.5 Å². The van der Waals surface area contributed by atoms with Gasteiger partial charge < -0.3 is 31.3 Å². The molecular formula is C22H28ClF3N4O6. The van der Waals surface area contributed by atoms with Gasteiger partial charge in [0.2, 0.25) is 0 Å². The number of anilines is 2. The first-order valence-electron chi connectivity index (χ1n) is 10.3. The molecule has 0 saturated heterocycles. The summed E-state index contributed by atoms with van der Waals surface area (Å²) in [6, 6.07) is 6.47. The zero-order chi connectivity index (χ0) is 27.9. The van der Waals surface area contributed by atoms with E-state index in [1.165, 1.54) is 32.0 Å². The lowest BCUT2D eigenvalue weighted by atomic mass is 10.1. The van der Waals surface area contributed by atoms with E-state index in [0.29, 0.717) is 6.54 Å². The molecule has 0 aliphatic carbocycles. The first kappa shape index (κ1) is 30.9. The summed E-state index contributed by atoms with van der Waals surface area (Å²) in [5, 5.41) is 34.8. The lowest BCUT2D eigenvalue weighted by Crippen LogP contribution is -2.29. The first-order chi connectivity index (χ1) is 16.3. The van der Waals surface area contributed by atoms with E-state index >= 15 is 0 Å². The van der Waals surface area contributed by atoms with Crippen LogP contribution < -0.4 is 21.1 Å². The van der Waals surface area contributed by atoms with Crippen molar-refractivity contribution in [3.8, 4) is 5.75 Å². The van der Waals surface area contributed by atoms with Crippen LogP contribution in [0.3, 0.4) is 0 Å². The van der Waals surface area contributed by atoms with E-state index in [1.807, 2.05) is 0 Å². The van der Waals surface area contributed by atoms with Crippen LogP contribution in [0.4, 0.5) is 30.2 Å². The van der Waals surface area contributed by atoms with Crippen LogP contribution in [0.25, 0.3) is 0 Å². The van der Waals surface area contributed by atoms with Gasteiger partial charge in [0, 0.05) is 24.8 Å². The average molecular weight is 537 g/mol. The molecule has 0 aliphatic heterocycles. The topological polar surface area (TPSA) is 160 Å². The van der Waals surface area contributed by atoms with Crippen LogP contribution in [0.15, 0.2) is 36.4 Å². The highest BCUT2D eigenvalue weighted by Gasteiger charge is 2.31. The van der Waals surface area contributed by atoms with Crippen LogP contribution in [-0.2, 0) is 0 Å². The van der Waals surface area contributed by atoms with Crippen LogP contribution in [0, 0.1) is 10.1 Å². The number of hydrogen-bond acceptors (Lipinski definition) is 8. The Morgan fingerprint density at radius 2 is 1.64 bits per heavy atom. The van der Waals surface area contributed by atoms with E-state index < -0.39 is 39.8 Å². The number of nitro benzene ring substituents is 1. The van der Waals surface area contributed by atoms with E-state index in [9.17, 15) is 33.2 Å². The number of nitro groups is 1. The normalized spacial score (nSPS) is 11.8. The molecule has 0 unspecified atom stereocenters. The molecular weight excluding hydrogens is 509 g/mol. The average Bonchev–Trinajstić information content (AvgIpc) is 2.71. The fraction of sp³-hybridized carbons (Fsp3) is 0.409. The zero-order valence-corrected chi connectivity index (χ0v) is 20.7. The van der Waals surface area contributed by atoms with E-state index in [4.69, 9.17) is 22.4 Å². The van der Waals surface area contributed by atoms with Crippen molar-refractivity contribution in [3.05, 3.63) is 57.1 Å². The molecule has 2 aromatic rings. The minimum atomic E-state index is -4.85. The predicted octanol–water partition coefficient (Wildman–Crippen LogP) is 4.30. The van der Waals surface area contributed by atoms with Gasteiger partial charge in [0.05, 0.1) is 26.7 Å². The van der Waals surface area contributed by atoms with Gasteiger partial charge in [-0.05, 0) is 58.0 Å². The Kier molecular flexibility index (Phi) is 10.5. The van der Waals surface area contributed by atoms with Gasteiger partial charge in [-0.25, -0.2) is 0 Å². The Bertz CT molecular complexity index is 1050. The molecule has 2 rings (SSSR count). The number of halogens is 4. The van der Waals surface area contributed by atoms with E-state index in [2.05, 4.69) is 15.4 Å². The maximum atomic E-state index is 12.5. The van der Waals surface area contributed by atoms with Crippen LogP contribution in [0.5, 0.6) is 5.75 Å². The van der Waals surface area contributed by atoms with Crippen molar-refractivity contribution in [1.82, 2.24) is 0 Å². The fourth-order valence-corrected chi connectivity index (χ4v) is 2.53. The lowest BCUT2D eigenvalue weighted by Gasteiger charge is -2.19. The van der Waals surface area contributed by atoms with Crippen molar-refractivity contribution in [2.45, 2.75) is 45.3 Å². The molecule has 2 aromatic carbocycles. The summed E-state index contributed by atoms with van der Waals surface area (Å²) in [5.74, 6) is -1.28. The number of rotatable bonds is 8. The lowest BCUT2D eigenvalue weighted by molar-refractivity contribution is -0.384. The third kappa shape index (κ3) is 11.5. The summed E-state index contributed by atoms with van der Waals surface area (Å²) in [7, 11) is 0. The first-order valence-corrected chi connectivity index (χ1v) is 10.7. The second-order valence-electron chi connectivity index (χ2n) is 8.82. The number of nitrogens with one attached hydrogen (secondary N) is 2. The van der Waals surface area contributed by atoms with Gasteiger partial charge in [-0.15, -0.1) is 13.2 Å². The highest BCUT2D eigenvalue weighted by Crippen LogP contribution is 2.32. The Hall–Kier alpha value is -3.13. The van der Waals surface area contributed by atoms with Crippen LogP contribution in [0.2, 0.25) is 5.02 Å². The van der Waals surface area contributed by atoms with Crippen LogP contribution >= 0.6 is 11.6 Å². The van der Waals surface area contributed by atoms with Crippen molar-refractivity contribution in [2.24, 2.45) is 5.73 Å². The molecule has 0 aliphatic rings. The van der Waals surface area contributed by atoms with Crippen molar-refractivity contribution in [3.63, 3.8) is 0 Å². The molecule has 0 heterocycles. The standard InChI is InChI=1S/C18H17ClF3N3O5.C4H11NO/c1-17(2,27)9-23-14-8-13(19)12(7-15(14)25(28)29)16(26)24-10-3-5-11(6-4-10)30-18(20,21)22;1-4(2,6)3-5/h3-8,23,27H,9H2,1-2H3,(H,24,26);6H,3,5H2,1-2H3. The van der Waals surface area contributed by atoms with E-state index in [1.54, 1.807) is 13.8 Å². The fourth-order valence-electron chi connectivity index (χ4n) is 2.28. The number of carbonyl (C=O) groups is 1. The highest BCUT2D eigenvalue weighted by atomic mass is 35.5. The number of carbonyl (C=O) groups excluding carboxylic acids is 1. The second kappa shape index (κ2) is 12.2. The summed E-state index contributed by atoms with van der Waals surface area (Å²) >= 11 is 6.08. The smallest absolute Gasteiger partial charge is 0.406 e. The Morgan fingerprint density at radius 1 is 1.11 bits per heavy atom. The molecule has 36 heavy (non-hydrogen) atoms. The van der Waals surface area contributed by atoms with E-state index in [0.717, 1.165) is 18.2 Å². The number of nitrogens with zero attached hydrogens (tertiary/aromatic N) is 1. The highest BCUT2D eigenvalue weighted by molar-refractivity contribution is 6.35. The second-order valence-corrected chi connectivity index (χ2v) is 9.22. The van der Waals surface area contributed by atoms with Gasteiger partial charge in [-0.1, -0.05) is 11.6 Å². The molecule has 0 spiro atoms. The van der Waals surface area contributed by atoms with Crippen molar-refractivity contribution in [1.29, 1.82) is 0 Å². The van der Waals surface area contributed by atoms with Crippen molar-refractivity contribution >= 4 is 34.6 Å². The van der Waals surface area contributed by atoms with Gasteiger partial charge in [0.25, 0.3) is 11.6 Å². The summed E-state index contributed by atoms with van der Waals surface area (Å²) in [6.45, 7) is 6.66. The quantitative estimate of drug-likeness (QED) is 0.246. The van der Waals surface area contributed by atoms with Crippen molar-refractivity contribution in [2.75, 3.05) is 23.7 Å². The molecule has 0 fully saturated rings. The molecule has 6 N–H and O–H groups in total. The number of nitrogens with two attached hydrogens (primary N) is 1. The number of alkyl halides is 3. The summed E-state index contributed by atoms with van der Waals surface area (Å²) in [4.78, 5) is 23.1. The molecule has 0 atom stereocenters. The summed E-state index contributed by atoms with van der Waals surface area (Å²) in [6.07, 6.45) is -4.85. The Morgan fingerprint density at radius 3 is 2.06 bits per heavy atom. The minimum absolute atomic E-state index is 0.0114. The maximum Gasteiger partial charge on any atom is 0.573 e. The van der Waals surface area contributed by atoms with Crippen LogP contribution in [-0.4, -0.2) is 51.7 Å². The van der Waals surface area contributed by atoms with Gasteiger partial charge >= 0.3 is 6.36 Å². The van der Waals surface area contributed by atoms with Gasteiger partial charge in [0.1, 0.15) is 11.4 Å². The largest absolute Gasteiger partial charge is 0.573 e. The molecule has 0 saturated carbocycles. The number of ether oxygens (including phenoxy) is 1. The molecule has 1 amide bonds. The summed E-state index contributed by atoms with van der Waals surface area (Å²) in [5.41, 5.74) is 2.70. The third-order valence-electron chi connectivity index (χ3n) is 4.08. The minimum Gasteiger partial charge on any atom is -0.406 e. The number of benzene rings is 2. The molecule has 14 heteroatoms. The van der Waals surface area contributed by atoms with Crippen LogP contribution in [0.1, 0.15) is 38.1 Å². The van der Waals surface area contributed by atoms with Gasteiger partial charge in [-0.3, -0.25) is 14.9 Å². The Labute approximate surface area is 210 Å². The molecule has 10 nitrogen and oxygen atoms in total. The van der Waals surface area contributed by atoms with Gasteiger partial charge in [0.15, 0.2) is 0 Å². The summed E-state index contributed by atoms with van der Waals surface area (Å²) < 4.78 is 40.3. The predicted molar refractivity (Wildman–Crippen MR) is 129 cm³/mol. The SMILES string of the molecule is CC(C)(O)CN.CC(C)(O)CNc1cc(Cl)c(C(=O)Nc2ccc(OC(F)(F)F)cc2)cc1[N+](=O)[O-]. The molecule has 0 aromatic heterocycles. The zero-order valence-electron chi connectivity index (χ0n) is 19.9. The molecule has 200 valence electrons. The Balaban J connectivity index is 0.000000960. The van der Waals surface area contributed by atoms with Gasteiger partial charge in [-0.2, -0.15) is 0 Å². The molecule has 0 radical (unpaired) electrons. The maximum absolute atomic E-state index is 12.5. The third-order valence-corrected chi connectivity index (χ3v) is 4.40. The number of amides is 1. The monoisotopic (exact) mass is 536 g/mol. The van der Waals surface area contributed by atoms with Crippen molar-refractivity contribution < 1.29 is 37.8 Å².